The Morgan fingerprint density at radius 1 is 1.50 bits per heavy atom. The highest BCUT2D eigenvalue weighted by Crippen LogP contribution is 2.23. The number of halogens is 1. The summed E-state index contributed by atoms with van der Waals surface area (Å²) in [5, 5.41) is 21.3. The van der Waals surface area contributed by atoms with Gasteiger partial charge in [-0.05, 0) is 18.2 Å². The second kappa shape index (κ2) is 5.46. The molecule has 1 unspecified atom stereocenters. The molecule has 0 bridgehead atoms. The molecule has 0 heterocycles. The second-order valence-electron chi connectivity index (χ2n) is 2.88. The van der Waals surface area contributed by atoms with Gasteiger partial charge in [0.05, 0.1) is 12.7 Å². The number of aliphatic hydroxyl groups is 2. The Morgan fingerprint density at radius 3 is 2.79 bits per heavy atom. The van der Waals surface area contributed by atoms with Crippen LogP contribution in [0.2, 0.25) is 5.02 Å². The van der Waals surface area contributed by atoms with Crippen LogP contribution in [0, 0.1) is 0 Å². The van der Waals surface area contributed by atoms with Crippen molar-refractivity contribution in [3.8, 4) is 0 Å². The van der Waals surface area contributed by atoms with E-state index < -0.39 is 6.10 Å². The monoisotopic (exact) mass is 233 g/mol. The van der Waals surface area contributed by atoms with Crippen molar-refractivity contribution in [2.75, 3.05) is 18.5 Å². The smallest absolute Gasteiger partial charge is 0.0942 e. The molecule has 0 aromatic heterocycles. The lowest BCUT2D eigenvalue weighted by Crippen LogP contribution is -2.23. The van der Waals surface area contributed by atoms with E-state index in [2.05, 4.69) is 17.9 Å². The first-order chi connectivity index (χ1) is 6.63. The highest BCUT2D eigenvalue weighted by atomic mass is 35.5. The molecule has 5 heteroatoms. The van der Waals surface area contributed by atoms with Gasteiger partial charge in [0.25, 0.3) is 0 Å². The van der Waals surface area contributed by atoms with Crippen LogP contribution in [0.1, 0.15) is 0 Å². The van der Waals surface area contributed by atoms with Crippen LogP contribution in [0.4, 0.5) is 5.69 Å². The molecule has 0 aliphatic carbocycles. The van der Waals surface area contributed by atoms with Gasteiger partial charge < -0.3 is 15.5 Å². The minimum atomic E-state index is -0.765. The van der Waals surface area contributed by atoms with Crippen LogP contribution < -0.4 is 5.32 Å². The first kappa shape index (κ1) is 11.7. The maximum atomic E-state index is 9.10. The standard InChI is InChI=1S/C9H12ClNO2S/c10-6-1-2-8(9(14)3-6)11-4-7(13)5-12/h1-3,7,11-14H,4-5H2. The molecule has 1 rings (SSSR count). The summed E-state index contributed by atoms with van der Waals surface area (Å²) in [6.45, 7) is 0.0220. The van der Waals surface area contributed by atoms with E-state index in [1.807, 2.05) is 0 Å². The highest BCUT2D eigenvalue weighted by Gasteiger charge is 2.03. The van der Waals surface area contributed by atoms with Crippen molar-refractivity contribution in [3.05, 3.63) is 23.2 Å². The summed E-state index contributed by atoms with van der Waals surface area (Å²) in [4.78, 5) is 0.711. The predicted molar refractivity (Wildman–Crippen MR) is 60.3 cm³/mol. The Bertz CT molecular complexity index is 309. The van der Waals surface area contributed by atoms with Crippen molar-refractivity contribution < 1.29 is 10.2 Å². The van der Waals surface area contributed by atoms with E-state index in [9.17, 15) is 0 Å². The van der Waals surface area contributed by atoms with Gasteiger partial charge in [0, 0.05) is 22.2 Å². The van der Waals surface area contributed by atoms with Crippen molar-refractivity contribution in [1.29, 1.82) is 0 Å². The number of rotatable bonds is 4. The first-order valence-corrected chi connectivity index (χ1v) is 4.97. The van der Waals surface area contributed by atoms with Gasteiger partial charge in [0.1, 0.15) is 0 Å². The normalized spacial score (nSPS) is 12.6. The summed E-state index contributed by atoms with van der Waals surface area (Å²) in [6, 6.07) is 5.21. The SMILES string of the molecule is OCC(O)CNc1ccc(Cl)cc1S. The van der Waals surface area contributed by atoms with E-state index in [0.717, 1.165) is 5.69 Å². The summed E-state index contributed by atoms with van der Waals surface area (Å²) in [7, 11) is 0. The van der Waals surface area contributed by atoms with Gasteiger partial charge in [-0.2, -0.15) is 0 Å². The molecule has 3 nitrogen and oxygen atoms in total. The zero-order valence-corrected chi connectivity index (χ0v) is 9.09. The molecule has 0 amide bonds. The summed E-state index contributed by atoms with van der Waals surface area (Å²) in [5.74, 6) is 0. The van der Waals surface area contributed by atoms with E-state index >= 15 is 0 Å². The average molecular weight is 234 g/mol. The molecule has 1 aromatic carbocycles. The fraction of sp³-hybridized carbons (Fsp3) is 0.333. The van der Waals surface area contributed by atoms with Crippen LogP contribution in [-0.4, -0.2) is 29.5 Å². The topological polar surface area (TPSA) is 52.5 Å². The van der Waals surface area contributed by atoms with Crippen LogP contribution in [0.15, 0.2) is 23.1 Å². The van der Waals surface area contributed by atoms with Gasteiger partial charge in [-0.25, -0.2) is 0 Å². The second-order valence-corrected chi connectivity index (χ2v) is 3.80. The molecule has 0 aliphatic heterocycles. The van der Waals surface area contributed by atoms with Gasteiger partial charge in [0.15, 0.2) is 0 Å². The highest BCUT2D eigenvalue weighted by molar-refractivity contribution is 7.80. The fourth-order valence-corrected chi connectivity index (χ4v) is 1.49. The Balaban J connectivity index is 2.59. The number of anilines is 1. The third-order valence-electron chi connectivity index (χ3n) is 1.70. The van der Waals surface area contributed by atoms with Gasteiger partial charge in [-0.15, -0.1) is 12.6 Å². The Morgan fingerprint density at radius 2 is 2.21 bits per heavy atom. The van der Waals surface area contributed by atoms with Crippen LogP contribution >= 0.6 is 24.2 Å². The third kappa shape index (κ3) is 3.38. The third-order valence-corrected chi connectivity index (χ3v) is 2.30. The molecule has 0 aliphatic rings. The molecular weight excluding hydrogens is 222 g/mol. The Hall–Kier alpha value is -0.420. The molecule has 3 N–H and O–H groups in total. The van der Waals surface area contributed by atoms with E-state index in [0.29, 0.717) is 9.92 Å². The molecule has 1 atom stereocenters. The summed E-state index contributed by atoms with van der Waals surface area (Å²) in [6.07, 6.45) is -0.765. The largest absolute Gasteiger partial charge is 0.394 e. The molecule has 0 saturated heterocycles. The Kier molecular flexibility index (Phi) is 4.54. The quantitative estimate of drug-likeness (QED) is 0.595. The van der Waals surface area contributed by atoms with Crippen molar-refractivity contribution >= 4 is 29.9 Å². The first-order valence-electron chi connectivity index (χ1n) is 4.15. The van der Waals surface area contributed by atoms with Crippen LogP contribution in [-0.2, 0) is 0 Å². The number of hydrogen-bond donors (Lipinski definition) is 4. The van der Waals surface area contributed by atoms with Crippen LogP contribution in [0.5, 0.6) is 0 Å². The van der Waals surface area contributed by atoms with Crippen LogP contribution in [0.3, 0.4) is 0 Å². The molecular formula is C9H12ClNO2S. The van der Waals surface area contributed by atoms with Gasteiger partial charge in [-0.1, -0.05) is 11.6 Å². The summed E-state index contributed by atoms with van der Waals surface area (Å²) < 4.78 is 0. The van der Waals surface area contributed by atoms with E-state index in [1.165, 1.54) is 0 Å². The maximum absolute atomic E-state index is 9.10. The number of benzene rings is 1. The minimum absolute atomic E-state index is 0.261. The van der Waals surface area contributed by atoms with Gasteiger partial charge >= 0.3 is 0 Å². The number of hydrogen-bond acceptors (Lipinski definition) is 4. The van der Waals surface area contributed by atoms with Crippen molar-refractivity contribution in [2.45, 2.75) is 11.0 Å². The predicted octanol–water partition coefficient (Wildman–Crippen LogP) is 1.39. The summed E-state index contributed by atoms with van der Waals surface area (Å²) in [5.41, 5.74) is 0.783. The molecule has 14 heavy (non-hydrogen) atoms. The summed E-state index contributed by atoms with van der Waals surface area (Å²) >= 11 is 9.95. The minimum Gasteiger partial charge on any atom is -0.394 e. The maximum Gasteiger partial charge on any atom is 0.0942 e. The molecule has 0 radical (unpaired) electrons. The van der Waals surface area contributed by atoms with Crippen molar-refractivity contribution in [3.63, 3.8) is 0 Å². The van der Waals surface area contributed by atoms with E-state index in [1.54, 1.807) is 18.2 Å². The lowest BCUT2D eigenvalue weighted by molar-refractivity contribution is 0.105. The average Bonchev–Trinajstić information content (AvgIpc) is 2.16. The van der Waals surface area contributed by atoms with Gasteiger partial charge in [-0.3, -0.25) is 0 Å². The Labute approximate surface area is 93.1 Å². The molecule has 1 aromatic rings. The molecule has 0 saturated carbocycles. The zero-order chi connectivity index (χ0) is 10.6. The lowest BCUT2D eigenvalue weighted by atomic mass is 10.3. The van der Waals surface area contributed by atoms with Crippen molar-refractivity contribution in [2.24, 2.45) is 0 Å². The zero-order valence-electron chi connectivity index (χ0n) is 7.44. The van der Waals surface area contributed by atoms with Crippen LogP contribution in [0.25, 0.3) is 0 Å². The van der Waals surface area contributed by atoms with E-state index in [4.69, 9.17) is 21.8 Å². The molecule has 0 spiro atoms. The van der Waals surface area contributed by atoms with Crippen molar-refractivity contribution in [1.82, 2.24) is 0 Å². The number of thiol groups is 1. The van der Waals surface area contributed by atoms with Gasteiger partial charge in [0.2, 0.25) is 0 Å². The molecule has 78 valence electrons. The molecule has 0 fully saturated rings. The van der Waals surface area contributed by atoms with E-state index in [-0.39, 0.29) is 13.2 Å². The number of nitrogens with one attached hydrogen (secondary N) is 1. The number of aliphatic hydroxyl groups excluding tert-OH is 2. The fourth-order valence-electron chi connectivity index (χ4n) is 0.947. The lowest BCUT2D eigenvalue weighted by Gasteiger charge is -2.11.